The summed E-state index contributed by atoms with van der Waals surface area (Å²) in [6.07, 6.45) is 3.52. The summed E-state index contributed by atoms with van der Waals surface area (Å²) in [4.78, 5) is 15.3. The molecule has 3 heterocycles. The Bertz CT molecular complexity index is 795. The summed E-state index contributed by atoms with van der Waals surface area (Å²) in [5.41, 5.74) is 4.36. The fourth-order valence-electron chi connectivity index (χ4n) is 4.77. The number of rotatable bonds is 3. The van der Waals surface area contributed by atoms with E-state index >= 15 is 0 Å². The molecule has 1 aromatic heterocycles. The van der Waals surface area contributed by atoms with Crippen LogP contribution in [0.3, 0.4) is 0 Å². The number of hydrogen-bond acceptors (Lipinski definition) is 2. The first-order chi connectivity index (χ1) is 12.5. The highest BCUT2D eigenvalue weighted by Gasteiger charge is 2.32. The van der Waals surface area contributed by atoms with Gasteiger partial charge < -0.3 is 14.8 Å². The van der Waals surface area contributed by atoms with E-state index in [1.807, 2.05) is 6.07 Å². The van der Waals surface area contributed by atoms with Gasteiger partial charge in [-0.15, -0.1) is 0 Å². The van der Waals surface area contributed by atoms with Gasteiger partial charge in [0.2, 0.25) is 0 Å². The average Bonchev–Trinajstić information content (AvgIpc) is 3.13. The molecule has 3 atom stereocenters. The lowest BCUT2D eigenvalue weighted by Gasteiger charge is -2.25. The van der Waals surface area contributed by atoms with E-state index in [0.717, 1.165) is 36.5 Å². The number of nitrogens with one attached hydrogen (secondary N) is 1. The Kier molecular flexibility index (Phi) is 4.62. The molecule has 4 heteroatoms. The van der Waals surface area contributed by atoms with Crippen molar-refractivity contribution >= 4 is 5.91 Å². The first-order valence-corrected chi connectivity index (χ1v) is 9.83. The minimum Gasteiger partial charge on any atom is -0.341 e. The lowest BCUT2D eigenvalue weighted by atomic mass is 10.1. The molecule has 0 saturated carbocycles. The van der Waals surface area contributed by atoms with E-state index in [1.165, 1.54) is 18.4 Å². The van der Waals surface area contributed by atoms with Crippen molar-refractivity contribution < 1.29 is 4.79 Å². The molecular formula is C22H29N3O. The van der Waals surface area contributed by atoms with Gasteiger partial charge in [0.1, 0.15) is 0 Å². The Morgan fingerprint density at radius 1 is 1.12 bits per heavy atom. The third-order valence-electron chi connectivity index (χ3n) is 6.19. The van der Waals surface area contributed by atoms with Crippen molar-refractivity contribution in [2.75, 3.05) is 13.1 Å². The van der Waals surface area contributed by atoms with E-state index in [-0.39, 0.29) is 11.9 Å². The topological polar surface area (TPSA) is 37.3 Å². The van der Waals surface area contributed by atoms with Crippen LogP contribution >= 0.6 is 0 Å². The normalized spacial score (nSPS) is 23.7. The van der Waals surface area contributed by atoms with Crippen molar-refractivity contribution in [3.63, 3.8) is 0 Å². The molecule has 2 fully saturated rings. The molecule has 0 radical (unpaired) electrons. The molecule has 1 N–H and O–H groups in total. The molecule has 2 aliphatic rings. The second kappa shape index (κ2) is 6.92. The number of likely N-dealkylation sites (tertiary alicyclic amines) is 1. The SMILES string of the molecule is Cc1cc(C(=O)N2CCC3CCC(C2)N3)c(C)n1C(C)c1ccccc1. The van der Waals surface area contributed by atoms with Gasteiger partial charge in [0.25, 0.3) is 5.91 Å². The van der Waals surface area contributed by atoms with Crippen molar-refractivity contribution in [1.82, 2.24) is 14.8 Å². The summed E-state index contributed by atoms with van der Waals surface area (Å²) in [5, 5.41) is 3.66. The Morgan fingerprint density at radius 3 is 2.62 bits per heavy atom. The molecule has 4 nitrogen and oxygen atoms in total. The zero-order valence-electron chi connectivity index (χ0n) is 16.0. The van der Waals surface area contributed by atoms with E-state index in [1.54, 1.807) is 0 Å². The maximum atomic E-state index is 13.3. The maximum absolute atomic E-state index is 13.3. The minimum atomic E-state index is 0.193. The molecule has 2 aliphatic heterocycles. The average molecular weight is 351 g/mol. The van der Waals surface area contributed by atoms with Crippen LogP contribution in [0.4, 0.5) is 0 Å². The molecule has 1 aromatic carbocycles. The zero-order chi connectivity index (χ0) is 18.3. The molecule has 138 valence electrons. The van der Waals surface area contributed by atoms with E-state index < -0.39 is 0 Å². The van der Waals surface area contributed by atoms with E-state index in [9.17, 15) is 4.79 Å². The van der Waals surface area contributed by atoms with Gasteiger partial charge in [-0.1, -0.05) is 30.3 Å². The van der Waals surface area contributed by atoms with Crippen LogP contribution in [0.1, 0.15) is 59.5 Å². The number of aromatic nitrogens is 1. The van der Waals surface area contributed by atoms with Crippen LogP contribution in [-0.2, 0) is 0 Å². The van der Waals surface area contributed by atoms with E-state index in [0.29, 0.717) is 12.1 Å². The molecular weight excluding hydrogens is 322 g/mol. The summed E-state index contributed by atoms with van der Waals surface area (Å²) in [6, 6.07) is 13.9. The van der Waals surface area contributed by atoms with Crippen LogP contribution in [-0.4, -0.2) is 40.5 Å². The first kappa shape index (κ1) is 17.3. The van der Waals surface area contributed by atoms with Crippen LogP contribution in [0.15, 0.2) is 36.4 Å². The fraction of sp³-hybridized carbons (Fsp3) is 0.500. The van der Waals surface area contributed by atoms with Crippen LogP contribution in [0, 0.1) is 13.8 Å². The highest BCUT2D eigenvalue weighted by atomic mass is 16.2. The predicted molar refractivity (Wildman–Crippen MR) is 105 cm³/mol. The Hall–Kier alpha value is -2.07. The molecule has 2 aromatic rings. The standard InChI is InChI=1S/C22H29N3O/c1-15-13-21(17(3)25(15)16(2)18-7-5-4-6-8-18)22(26)24-12-11-19-9-10-20(14-24)23-19/h4-8,13,16,19-20,23H,9-12,14H2,1-3H3. The van der Waals surface area contributed by atoms with Gasteiger partial charge in [0.15, 0.2) is 0 Å². The summed E-state index contributed by atoms with van der Waals surface area (Å²) in [5.74, 6) is 0.193. The van der Waals surface area contributed by atoms with Gasteiger partial charge in [-0.2, -0.15) is 0 Å². The van der Waals surface area contributed by atoms with E-state index in [4.69, 9.17) is 0 Å². The number of nitrogens with zero attached hydrogens (tertiary/aromatic N) is 2. The zero-order valence-corrected chi connectivity index (χ0v) is 16.0. The van der Waals surface area contributed by atoms with Crippen LogP contribution < -0.4 is 5.32 Å². The molecule has 3 unspecified atom stereocenters. The van der Waals surface area contributed by atoms with Crippen LogP contribution in [0.25, 0.3) is 0 Å². The first-order valence-electron chi connectivity index (χ1n) is 9.83. The van der Waals surface area contributed by atoms with Crippen molar-refractivity contribution in [3.8, 4) is 0 Å². The number of fused-ring (bicyclic) bond motifs is 2. The second-order valence-electron chi connectivity index (χ2n) is 7.92. The van der Waals surface area contributed by atoms with Crippen molar-refractivity contribution in [2.45, 2.75) is 58.2 Å². The highest BCUT2D eigenvalue weighted by molar-refractivity contribution is 5.95. The summed E-state index contributed by atoms with van der Waals surface area (Å²) < 4.78 is 2.30. The van der Waals surface area contributed by atoms with Crippen molar-refractivity contribution in [3.05, 3.63) is 58.9 Å². The van der Waals surface area contributed by atoms with Gasteiger partial charge in [-0.25, -0.2) is 0 Å². The van der Waals surface area contributed by atoms with Crippen molar-refractivity contribution in [2.24, 2.45) is 0 Å². The number of benzene rings is 1. The second-order valence-corrected chi connectivity index (χ2v) is 7.92. The van der Waals surface area contributed by atoms with Gasteiger partial charge in [0.05, 0.1) is 11.6 Å². The summed E-state index contributed by atoms with van der Waals surface area (Å²) in [6.45, 7) is 8.10. The number of hydrogen-bond donors (Lipinski definition) is 1. The van der Waals surface area contributed by atoms with Gasteiger partial charge >= 0.3 is 0 Å². The third-order valence-corrected chi connectivity index (χ3v) is 6.19. The summed E-state index contributed by atoms with van der Waals surface area (Å²) >= 11 is 0. The molecule has 0 spiro atoms. The molecule has 4 rings (SSSR count). The molecule has 2 bridgehead atoms. The lowest BCUT2D eigenvalue weighted by molar-refractivity contribution is 0.0747. The number of carbonyl (C=O) groups is 1. The van der Waals surface area contributed by atoms with Crippen LogP contribution in [0.5, 0.6) is 0 Å². The monoisotopic (exact) mass is 351 g/mol. The Balaban J connectivity index is 1.60. The molecule has 0 aliphatic carbocycles. The predicted octanol–water partition coefficient (Wildman–Crippen LogP) is 3.68. The largest absolute Gasteiger partial charge is 0.341 e. The Morgan fingerprint density at radius 2 is 1.85 bits per heavy atom. The lowest BCUT2D eigenvalue weighted by Crippen LogP contribution is -2.39. The van der Waals surface area contributed by atoms with Crippen molar-refractivity contribution in [1.29, 1.82) is 0 Å². The summed E-state index contributed by atoms with van der Waals surface area (Å²) in [7, 11) is 0. The molecule has 1 amide bonds. The quantitative estimate of drug-likeness (QED) is 0.916. The maximum Gasteiger partial charge on any atom is 0.255 e. The van der Waals surface area contributed by atoms with E-state index in [2.05, 4.69) is 65.9 Å². The smallest absolute Gasteiger partial charge is 0.255 e. The third kappa shape index (κ3) is 3.07. The molecule has 26 heavy (non-hydrogen) atoms. The minimum absolute atomic E-state index is 0.193. The number of aryl methyl sites for hydroxylation is 1. The Labute approximate surface area is 156 Å². The fourth-order valence-corrected chi connectivity index (χ4v) is 4.77. The number of carbonyl (C=O) groups excluding carboxylic acids is 1. The van der Waals surface area contributed by atoms with Crippen LogP contribution in [0.2, 0.25) is 0 Å². The number of amides is 1. The molecule has 2 saturated heterocycles. The highest BCUT2D eigenvalue weighted by Crippen LogP contribution is 2.27. The van der Waals surface area contributed by atoms with Gasteiger partial charge in [-0.3, -0.25) is 4.79 Å². The van der Waals surface area contributed by atoms with Gasteiger partial charge in [-0.05, 0) is 51.7 Å². The van der Waals surface area contributed by atoms with Gasteiger partial charge in [0, 0.05) is 36.6 Å².